The maximum atomic E-state index is 15.2. The summed E-state index contributed by atoms with van der Waals surface area (Å²) in [5.41, 5.74) is 2.73. The van der Waals surface area contributed by atoms with E-state index in [9.17, 15) is 9.59 Å². The van der Waals surface area contributed by atoms with Crippen molar-refractivity contribution in [1.29, 1.82) is 0 Å². The monoisotopic (exact) mass is 512 g/mol. The number of anilines is 1. The number of ether oxygens (including phenoxy) is 2. The Kier molecular flexibility index (Phi) is 6.66. The van der Waals surface area contributed by atoms with Gasteiger partial charge in [0.25, 0.3) is 11.5 Å². The summed E-state index contributed by atoms with van der Waals surface area (Å²) in [5.74, 6) is 0.00995. The zero-order valence-corrected chi connectivity index (χ0v) is 21.0. The van der Waals surface area contributed by atoms with Crippen molar-refractivity contribution >= 4 is 22.5 Å². The van der Waals surface area contributed by atoms with E-state index in [1.165, 1.54) is 10.7 Å². The molecule has 0 spiro atoms. The average molecular weight is 513 g/mol. The van der Waals surface area contributed by atoms with E-state index in [2.05, 4.69) is 15.4 Å². The van der Waals surface area contributed by atoms with Crippen molar-refractivity contribution in [1.82, 2.24) is 14.8 Å². The van der Waals surface area contributed by atoms with Gasteiger partial charge in [0.05, 0.1) is 25.4 Å². The maximum Gasteiger partial charge on any atom is 0.284 e. The molecular weight excluding hydrogens is 487 g/mol. The molecule has 38 heavy (non-hydrogen) atoms. The third-order valence-corrected chi connectivity index (χ3v) is 6.34. The molecule has 0 aliphatic heterocycles. The molecule has 2 N–H and O–H groups in total. The van der Waals surface area contributed by atoms with Gasteiger partial charge in [0.1, 0.15) is 11.4 Å². The zero-order chi connectivity index (χ0) is 26.8. The van der Waals surface area contributed by atoms with E-state index in [4.69, 9.17) is 9.47 Å². The number of nitrogens with one attached hydrogen (secondary N) is 2. The first-order valence-corrected chi connectivity index (χ1v) is 11.9. The molecule has 0 fully saturated rings. The number of amides is 1. The quantitative estimate of drug-likeness (QED) is 0.319. The average Bonchev–Trinajstić information content (AvgIpc) is 3.23. The number of hydrogen-bond acceptors (Lipinski definition) is 5. The summed E-state index contributed by atoms with van der Waals surface area (Å²) in [4.78, 5) is 30.3. The molecule has 0 aliphatic carbocycles. The third-order valence-electron chi connectivity index (χ3n) is 6.34. The number of pyridine rings is 1. The van der Waals surface area contributed by atoms with E-state index >= 15 is 4.39 Å². The molecule has 0 atom stereocenters. The molecule has 0 saturated heterocycles. The van der Waals surface area contributed by atoms with E-state index in [0.29, 0.717) is 40.4 Å². The number of benzene rings is 3. The van der Waals surface area contributed by atoms with Gasteiger partial charge in [-0.05, 0) is 54.4 Å². The van der Waals surface area contributed by atoms with Crippen molar-refractivity contribution in [2.24, 2.45) is 0 Å². The first-order chi connectivity index (χ1) is 18.4. The third kappa shape index (κ3) is 4.61. The van der Waals surface area contributed by atoms with Crippen LogP contribution in [0.15, 0.2) is 77.7 Å². The standard InChI is InChI=1S/C29H25FN4O4/c1-17-27(29(36)34(33-17)21-7-5-4-6-8-21)28(35)32-20-10-9-19(23(30)14-20)13-18-11-12-31-24-16-26(38-3)25(37-2)15-22(18)24/h4-12,14-16,33H,13H2,1-3H3,(H,32,35). The van der Waals surface area contributed by atoms with E-state index in [0.717, 1.165) is 10.9 Å². The van der Waals surface area contributed by atoms with Gasteiger partial charge in [-0.25, -0.2) is 9.07 Å². The maximum absolute atomic E-state index is 15.2. The van der Waals surface area contributed by atoms with Crippen LogP contribution < -0.4 is 20.3 Å². The van der Waals surface area contributed by atoms with Gasteiger partial charge in [0.2, 0.25) is 0 Å². The van der Waals surface area contributed by atoms with Gasteiger partial charge in [-0.15, -0.1) is 0 Å². The molecule has 192 valence electrons. The molecule has 2 aromatic heterocycles. The van der Waals surface area contributed by atoms with Crippen molar-refractivity contribution in [2.45, 2.75) is 13.3 Å². The smallest absolute Gasteiger partial charge is 0.284 e. The fourth-order valence-electron chi connectivity index (χ4n) is 4.42. The fourth-order valence-corrected chi connectivity index (χ4v) is 4.42. The van der Waals surface area contributed by atoms with Crippen LogP contribution in [0.4, 0.5) is 10.1 Å². The largest absolute Gasteiger partial charge is 0.493 e. The van der Waals surface area contributed by atoms with Crippen molar-refractivity contribution in [3.05, 3.63) is 111 Å². The highest BCUT2D eigenvalue weighted by Crippen LogP contribution is 2.33. The molecular formula is C29H25FN4O4. The van der Waals surface area contributed by atoms with Gasteiger partial charge in [-0.3, -0.25) is 19.7 Å². The lowest BCUT2D eigenvalue weighted by Crippen LogP contribution is -2.24. The molecule has 9 heteroatoms. The van der Waals surface area contributed by atoms with E-state index < -0.39 is 17.3 Å². The number of aromatic amines is 1. The minimum Gasteiger partial charge on any atom is -0.493 e. The number of H-pyrrole nitrogens is 1. The molecule has 3 aromatic carbocycles. The summed E-state index contributed by atoms with van der Waals surface area (Å²) in [6.45, 7) is 1.64. The summed E-state index contributed by atoms with van der Waals surface area (Å²) in [7, 11) is 3.11. The van der Waals surface area contributed by atoms with Gasteiger partial charge >= 0.3 is 0 Å². The Morgan fingerprint density at radius 1 is 1.00 bits per heavy atom. The Labute approximate surface area is 217 Å². The normalized spacial score (nSPS) is 10.9. The number of carbonyl (C=O) groups excluding carboxylic acids is 1. The lowest BCUT2D eigenvalue weighted by molar-refractivity contribution is 0.102. The predicted octanol–water partition coefficient (Wildman–Crippen LogP) is 5.02. The number of aryl methyl sites for hydroxylation is 1. The first-order valence-electron chi connectivity index (χ1n) is 11.9. The Hall–Kier alpha value is -4.92. The molecule has 8 nitrogen and oxygen atoms in total. The SMILES string of the molecule is COc1cc2nccc(Cc3ccc(NC(=O)c4c(C)[nH]n(-c5ccccc5)c4=O)cc3F)c2cc1OC. The van der Waals surface area contributed by atoms with Crippen LogP contribution in [-0.4, -0.2) is 34.9 Å². The fraction of sp³-hybridized carbons (Fsp3) is 0.138. The molecule has 0 bridgehead atoms. The molecule has 0 radical (unpaired) electrons. The highest BCUT2D eigenvalue weighted by molar-refractivity contribution is 6.04. The molecule has 1 amide bonds. The first kappa shape index (κ1) is 24.8. The second kappa shape index (κ2) is 10.2. The summed E-state index contributed by atoms with van der Waals surface area (Å²) in [6, 6.07) is 18.8. The molecule has 0 saturated carbocycles. The Bertz CT molecular complexity index is 1710. The van der Waals surface area contributed by atoms with E-state index in [-0.39, 0.29) is 11.3 Å². The summed E-state index contributed by atoms with van der Waals surface area (Å²) in [5, 5.41) is 6.38. The van der Waals surface area contributed by atoms with Gasteiger partial charge in [-0.1, -0.05) is 24.3 Å². The molecule has 0 aliphatic rings. The van der Waals surface area contributed by atoms with Crippen molar-refractivity contribution < 1.29 is 18.7 Å². The Morgan fingerprint density at radius 2 is 1.74 bits per heavy atom. The molecule has 5 rings (SSSR count). The van der Waals surface area contributed by atoms with Crippen LogP contribution >= 0.6 is 0 Å². The van der Waals surface area contributed by atoms with Crippen molar-refractivity contribution in [3.63, 3.8) is 0 Å². The van der Waals surface area contributed by atoms with Crippen LogP contribution in [0.2, 0.25) is 0 Å². The topological polar surface area (TPSA) is 98.2 Å². The van der Waals surface area contributed by atoms with Crippen LogP contribution in [0, 0.1) is 12.7 Å². The Morgan fingerprint density at radius 3 is 2.45 bits per heavy atom. The van der Waals surface area contributed by atoms with Gasteiger partial charge in [0.15, 0.2) is 11.5 Å². The zero-order valence-electron chi connectivity index (χ0n) is 21.0. The van der Waals surface area contributed by atoms with Gasteiger partial charge < -0.3 is 14.8 Å². The number of rotatable bonds is 7. The second-order valence-corrected chi connectivity index (χ2v) is 8.72. The van der Waals surface area contributed by atoms with Crippen LogP contribution in [0.1, 0.15) is 27.2 Å². The number of halogens is 1. The van der Waals surface area contributed by atoms with Crippen LogP contribution in [0.3, 0.4) is 0 Å². The highest BCUT2D eigenvalue weighted by Gasteiger charge is 2.20. The van der Waals surface area contributed by atoms with Gasteiger partial charge in [-0.2, -0.15) is 0 Å². The van der Waals surface area contributed by atoms with Crippen molar-refractivity contribution in [3.8, 4) is 17.2 Å². The van der Waals surface area contributed by atoms with E-state index in [1.807, 2.05) is 18.2 Å². The van der Waals surface area contributed by atoms with Crippen LogP contribution in [-0.2, 0) is 6.42 Å². The number of para-hydroxylation sites is 1. The Balaban J connectivity index is 1.39. The number of aromatic nitrogens is 3. The number of carbonyl (C=O) groups is 1. The predicted molar refractivity (Wildman–Crippen MR) is 143 cm³/mol. The lowest BCUT2D eigenvalue weighted by atomic mass is 10.00. The number of hydrogen-bond donors (Lipinski definition) is 2. The van der Waals surface area contributed by atoms with Gasteiger partial charge in [0, 0.05) is 35.5 Å². The van der Waals surface area contributed by atoms with Crippen LogP contribution in [0.5, 0.6) is 11.5 Å². The second-order valence-electron chi connectivity index (χ2n) is 8.72. The highest BCUT2D eigenvalue weighted by atomic mass is 19.1. The van der Waals surface area contributed by atoms with Crippen LogP contribution in [0.25, 0.3) is 16.6 Å². The van der Waals surface area contributed by atoms with E-state index in [1.54, 1.807) is 69.8 Å². The summed E-state index contributed by atoms with van der Waals surface area (Å²) in [6.07, 6.45) is 1.96. The molecule has 5 aromatic rings. The summed E-state index contributed by atoms with van der Waals surface area (Å²) >= 11 is 0. The minimum absolute atomic E-state index is 0.0361. The number of fused-ring (bicyclic) bond motifs is 1. The number of nitrogens with zero attached hydrogens (tertiary/aromatic N) is 2. The molecule has 2 heterocycles. The summed E-state index contributed by atoms with van der Waals surface area (Å²) < 4.78 is 27.2. The number of methoxy groups -OCH3 is 2. The van der Waals surface area contributed by atoms with Crippen molar-refractivity contribution in [2.75, 3.05) is 19.5 Å². The molecule has 0 unspecified atom stereocenters. The minimum atomic E-state index is -0.619. The lowest BCUT2D eigenvalue weighted by Gasteiger charge is -2.12.